The summed E-state index contributed by atoms with van der Waals surface area (Å²) < 4.78 is 0. The van der Waals surface area contributed by atoms with Gasteiger partial charge in [-0.25, -0.2) is 0 Å². The molecule has 0 aromatic heterocycles. The summed E-state index contributed by atoms with van der Waals surface area (Å²) in [6.45, 7) is 1.18. The van der Waals surface area contributed by atoms with Crippen LogP contribution in [-0.2, 0) is 0 Å². The fourth-order valence-electron chi connectivity index (χ4n) is 6.97. The maximum Gasteiger partial charge on any atom is 0.0419 e. The first-order valence-electron chi connectivity index (χ1n) is 11.4. The van der Waals surface area contributed by atoms with Crippen molar-refractivity contribution in [3.63, 3.8) is 0 Å². The van der Waals surface area contributed by atoms with Crippen molar-refractivity contribution in [1.82, 2.24) is 0 Å². The molecule has 1 heterocycles. The van der Waals surface area contributed by atoms with Gasteiger partial charge in [0.25, 0.3) is 0 Å². The van der Waals surface area contributed by atoms with Crippen LogP contribution in [0.5, 0.6) is 0 Å². The fraction of sp³-hybridized carbons (Fsp3) is 0.957. The lowest BCUT2D eigenvalue weighted by atomic mass is 9.58. The minimum Gasteiger partial charge on any atom is -0.297 e. The Balaban J connectivity index is 1.55. The predicted molar refractivity (Wildman–Crippen MR) is 104 cm³/mol. The molecule has 3 saturated carbocycles. The summed E-state index contributed by atoms with van der Waals surface area (Å²) in [5.74, 6) is 5.78. The van der Waals surface area contributed by atoms with Gasteiger partial charge in [0.1, 0.15) is 0 Å². The fourth-order valence-corrected chi connectivity index (χ4v) is 6.97. The average Bonchev–Trinajstić information content (AvgIpc) is 2.69. The number of hydrogen-bond donors (Lipinski definition) is 0. The van der Waals surface area contributed by atoms with Gasteiger partial charge >= 0.3 is 0 Å². The van der Waals surface area contributed by atoms with Gasteiger partial charge in [-0.1, -0.05) is 83.5 Å². The Morgan fingerprint density at radius 3 is 1.62 bits per heavy atom. The van der Waals surface area contributed by atoms with Crippen molar-refractivity contribution in [1.29, 1.82) is 0 Å². The molecule has 0 aromatic carbocycles. The average molecular weight is 330 g/mol. The quantitative estimate of drug-likeness (QED) is 0.549. The largest absolute Gasteiger partial charge is 0.297 e. The Kier molecular flexibility index (Phi) is 5.96. The SMILES string of the molecule is C1=NCC(C2CCCCC2)C(C2CCCCC2)C1C1CCCCC1. The summed E-state index contributed by atoms with van der Waals surface area (Å²) in [5, 5.41) is 0. The smallest absolute Gasteiger partial charge is 0.0419 e. The molecule has 24 heavy (non-hydrogen) atoms. The first-order chi connectivity index (χ1) is 11.9. The van der Waals surface area contributed by atoms with Crippen molar-refractivity contribution < 1.29 is 0 Å². The molecule has 3 atom stereocenters. The molecule has 0 bridgehead atoms. The second kappa shape index (κ2) is 8.37. The van der Waals surface area contributed by atoms with E-state index in [2.05, 4.69) is 6.21 Å². The number of nitrogens with zero attached hydrogens (tertiary/aromatic N) is 1. The highest BCUT2D eigenvalue weighted by Gasteiger charge is 2.43. The molecule has 3 unspecified atom stereocenters. The molecule has 3 fully saturated rings. The van der Waals surface area contributed by atoms with Crippen LogP contribution in [0.15, 0.2) is 4.99 Å². The van der Waals surface area contributed by atoms with E-state index in [4.69, 9.17) is 4.99 Å². The Hall–Kier alpha value is -0.330. The van der Waals surface area contributed by atoms with Crippen molar-refractivity contribution in [2.45, 2.75) is 96.3 Å². The first kappa shape index (κ1) is 17.1. The van der Waals surface area contributed by atoms with Crippen LogP contribution in [0.25, 0.3) is 0 Å². The van der Waals surface area contributed by atoms with Gasteiger partial charge in [0.15, 0.2) is 0 Å². The van der Waals surface area contributed by atoms with E-state index in [-0.39, 0.29) is 0 Å². The minimum absolute atomic E-state index is 0.842. The van der Waals surface area contributed by atoms with E-state index in [0.717, 1.165) is 35.5 Å². The normalized spacial score (nSPS) is 37.6. The second-order valence-electron chi connectivity index (χ2n) is 9.53. The molecule has 0 saturated heterocycles. The Morgan fingerprint density at radius 1 is 0.542 bits per heavy atom. The van der Waals surface area contributed by atoms with Gasteiger partial charge in [0.2, 0.25) is 0 Å². The maximum absolute atomic E-state index is 5.01. The van der Waals surface area contributed by atoms with E-state index in [1.165, 1.54) is 103 Å². The minimum atomic E-state index is 0.842. The van der Waals surface area contributed by atoms with E-state index in [9.17, 15) is 0 Å². The van der Waals surface area contributed by atoms with Gasteiger partial charge in [0.05, 0.1) is 0 Å². The summed E-state index contributed by atoms with van der Waals surface area (Å²) in [7, 11) is 0. The molecule has 4 aliphatic rings. The van der Waals surface area contributed by atoms with Gasteiger partial charge in [-0.3, -0.25) is 4.99 Å². The molecular formula is C23H39N. The van der Waals surface area contributed by atoms with Crippen LogP contribution in [0.3, 0.4) is 0 Å². The zero-order valence-electron chi connectivity index (χ0n) is 15.8. The topological polar surface area (TPSA) is 12.4 Å². The molecule has 0 aromatic rings. The highest BCUT2D eigenvalue weighted by molar-refractivity contribution is 5.63. The van der Waals surface area contributed by atoms with Crippen molar-refractivity contribution in [3.8, 4) is 0 Å². The van der Waals surface area contributed by atoms with Crippen LogP contribution in [0.2, 0.25) is 0 Å². The third kappa shape index (κ3) is 3.75. The molecule has 1 nitrogen and oxygen atoms in total. The van der Waals surface area contributed by atoms with Crippen LogP contribution >= 0.6 is 0 Å². The monoisotopic (exact) mass is 329 g/mol. The van der Waals surface area contributed by atoms with Crippen LogP contribution in [0.1, 0.15) is 96.3 Å². The number of aliphatic imine (C=N–C) groups is 1. The molecule has 136 valence electrons. The van der Waals surface area contributed by atoms with E-state index >= 15 is 0 Å². The standard InChI is InChI=1S/C23H39N/c1-4-10-18(11-5-1)21-16-24-17-22(19-12-6-2-7-13-19)23(21)20-14-8-3-9-15-20/h16,18-23H,1-15,17H2. The van der Waals surface area contributed by atoms with E-state index < -0.39 is 0 Å². The molecule has 0 N–H and O–H groups in total. The van der Waals surface area contributed by atoms with E-state index in [1.54, 1.807) is 0 Å². The molecule has 0 spiro atoms. The lowest BCUT2D eigenvalue weighted by Crippen LogP contribution is -2.44. The van der Waals surface area contributed by atoms with E-state index in [1.807, 2.05) is 0 Å². The predicted octanol–water partition coefficient (Wildman–Crippen LogP) is 6.66. The number of rotatable bonds is 3. The Morgan fingerprint density at radius 2 is 1.04 bits per heavy atom. The van der Waals surface area contributed by atoms with Crippen LogP contribution in [0, 0.1) is 35.5 Å². The summed E-state index contributed by atoms with van der Waals surface area (Å²) in [4.78, 5) is 5.01. The van der Waals surface area contributed by atoms with Gasteiger partial charge in [0, 0.05) is 18.7 Å². The van der Waals surface area contributed by atoms with Crippen LogP contribution < -0.4 is 0 Å². The summed E-state index contributed by atoms with van der Waals surface area (Å²) in [5.41, 5.74) is 0. The van der Waals surface area contributed by atoms with Crippen LogP contribution in [0.4, 0.5) is 0 Å². The molecule has 0 radical (unpaired) electrons. The van der Waals surface area contributed by atoms with Crippen molar-refractivity contribution in [2.75, 3.05) is 6.54 Å². The van der Waals surface area contributed by atoms with Crippen molar-refractivity contribution in [2.24, 2.45) is 40.5 Å². The second-order valence-corrected chi connectivity index (χ2v) is 9.53. The Bertz CT molecular complexity index is 396. The zero-order valence-corrected chi connectivity index (χ0v) is 15.8. The zero-order chi connectivity index (χ0) is 16.2. The van der Waals surface area contributed by atoms with Crippen LogP contribution in [-0.4, -0.2) is 12.8 Å². The molecule has 0 amide bonds. The lowest BCUT2D eigenvalue weighted by molar-refractivity contribution is 0.0532. The summed E-state index contributed by atoms with van der Waals surface area (Å²) >= 11 is 0. The van der Waals surface area contributed by atoms with Gasteiger partial charge in [-0.2, -0.15) is 0 Å². The highest BCUT2D eigenvalue weighted by Crippen LogP contribution is 2.49. The van der Waals surface area contributed by atoms with Gasteiger partial charge in [-0.15, -0.1) is 0 Å². The number of hydrogen-bond acceptors (Lipinski definition) is 1. The van der Waals surface area contributed by atoms with Gasteiger partial charge in [-0.05, 0) is 42.4 Å². The van der Waals surface area contributed by atoms with Gasteiger partial charge < -0.3 is 0 Å². The van der Waals surface area contributed by atoms with Crippen molar-refractivity contribution >= 4 is 6.21 Å². The lowest BCUT2D eigenvalue weighted by Gasteiger charge is -2.48. The summed E-state index contributed by atoms with van der Waals surface area (Å²) in [6.07, 6.45) is 25.0. The maximum atomic E-state index is 5.01. The molecule has 1 aliphatic heterocycles. The molecule has 4 rings (SSSR count). The molecule has 1 heteroatoms. The third-order valence-electron chi connectivity index (χ3n) is 8.18. The third-order valence-corrected chi connectivity index (χ3v) is 8.18. The highest BCUT2D eigenvalue weighted by atomic mass is 14.8. The molecular weight excluding hydrogens is 290 g/mol. The Labute approximate surface area is 150 Å². The van der Waals surface area contributed by atoms with E-state index in [0.29, 0.717) is 0 Å². The van der Waals surface area contributed by atoms with Crippen molar-refractivity contribution in [3.05, 3.63) is 0 Å². The first-order valence-corrected chi connectivity index (χ1v) is 11.4. The summed E-state index contributed by atoms with van der Waals surface area (Å²) in [6, 6.07) is 0. The molecule has 3 aliphatic carbocycles.